The largest absolute Gasteiger partial charge is 0.474 e. The zero-order valence-electron chi connectivity index (χ0n) is 20.3. The number of carbonyl (C=O) groups is 2. The van der Waals surface area contributed by atoms with Crippen molar-refractivity contribution >= 4 is 27.4 Å². The minimum Gasteiger partial charge on any atom is -0.325 e. The van der Waals surface area contributed by atoms with Crippen LogP contribution in [0.5, 0.6) is 0 Å². The maximum absolute atomic E-state index is 13.4. The molecule has 2 atom stereocenters. The average molecular weight is 569 g/mol. The van der Waals surface area contributed by atoms with Crippen LogP contribution in [0.4, 0.5) is 36.8 Å². The Morgan fingerprint density at radius 2 is 1.79 bits per heavy atom. The lowest BCUT2D eigenvalue weighted by Gasteiger charge is -2.40. The minimum atomic E-state index is -5.44. The molecule has 0 saturated heterocycles. The molecule has 15 heteroatoms. The standard InChI is InChI=1S/C24H17F6N5O3S/c1-13-19(32-2)20(34(3)22(37)35(13)16-7-5-6-15(11-16)23(25,26)27)17-9-8-14(12-31)10-18(17)39(4,38)33-21(36)24(28,29)30/h5-11,20H,1,3-4H3/t20-,39+/m1/s1. The molecular weight excluding hydrogens is 552 g/mol. The molecule has 0 bridgehead atoms. The molecule has 1 heterocycles. The third kappa shape index (κ3) is 5.58. The highest BCUT2D eigenvalue weighted by Gasteiger charge is 2.42. The van der Waals surface area contributed by atoms with Gasteiger partial charge in [-0.05, 0) is 42.8 Å². The van der Waals surface area contributed by atoms with E-state index in [9.17, 15) is 45.4 Å². The number of likely N-dealkylation sites (N-methyl/N-ethyl adjacent to an activating group) is 1. The molecule has 0 aliphatic carbocycles. The summed E-state index contributed by atoms with van der Waals surface area (Å²) in [6.07, 6.45) is -9.42. The van der Waals surface area contributed by atoms with E-state index in [1.54, 1.807) is 6.07 Å². The Hall–Kier alpha value is -4.37. The fourth-order valence-electron chi connectivity index (χ4n) is 3.95. The number of alkyl halides is 6. The molecule has 0 radical (unpaired) electrons. The van der Waals surface area contributed by atoms with Crippen LogP contribution in [0.1, 0.15) is 29.7 Å². The second-order valence-electron chi connectivity index (χ2n) is 8.32. The summed E-state index contributed by atoms with van der Waals surface area (Å²) in [6.45, 7) is 9.02. The van der Waals surface area contributed by atoms with Crippen molar-refractivity contribution in [3.05, 3.63) is 82.0 Å². The van der Waals surface area contributed by atoms with Crippen LogP contribution in [0.3, 0.4) is 0 Å². The second kappa shape index (κ2) is 10.1. The van der Waals surface area contributed by atoms with Gasteiger partial charge in [-0.2, -0.15) is 31.6 Å². The summed E-state index contributed by atoms with van der Waals surface area (Å²) < 4.78 is 94.7. The number of halogens is 6. The zero-order chi connectivity index (χ0) is 29.5. The molecular formula is C24H17F6N5O3S. The van der Waals surface area contributed by atoms with E-state index in [0.717, 1.165) is 40.3 Å². The summed E-state index contributed by atoms with van der Waals surface area (Å²) in [5.41, 5.74) is -1.91. The van der Waals surface area contributed by atoms with E-state index in [1.807, 2.05) is 0 Å². The smallest absolute Gasteiger partial charge is 0.325 e. The topological polar surface area (TPSA) is 98.2 Å². The van der Waals surface area contributed by atoms with E-state index < -0.39 is 50.5 Å². The lowest BCUT2D eigenvalue weighted by Crippen LogP contribution is -2.47. The van der Waals surface area contributed by atoms with Gasteiger partial charge in [0, 0.05) is 24.7 Å². The predicted molar refractivity (Wildman–Crippen MR) is 126 cm³/mol. The second-order valence-corrected chi connectivity index (χ2v) is 10.6. The Morgan fingerprint density at radius 1 is 1.15 bits per heavy atom. The Morgan fingerprint density at radius 3 is 2.33 bits per heavy atom. The third-order valence-electron chi connectivity index (χ3n) is 5.74. The van der Waals surface area contributed by atoms with Crippen molar-refractivity contribution in [2.45, 2.75) is 30.2 Å². The molecule has 0 unspecified atom stereocenters. The summed E-state index contributed by atoms with van der Waals surface area (Å²) in [7, 11) is -3.00. The molecule has 1 aliphatic rings. The number of nitrogens with zero attached hydrogens (tertiary/aromatic N) is 5. The Kier molecular flexibility index (Phi) is 7.54. The molecule has 0 spiro atoms. The van der Waals surface area contributed by atoms with Crippen LogP contribution in [-0.4, -0.2) is 40.5 Å². The Bertz CT molecular complexity index is 1610. The van der Waals surface area contributed by atoms with Crippen molar-refractivity contribution in [3.63, 3.8) is 0 Å². The van der Waals surface area contributed by atoms with Crippen LogP contribution >= 0.6 is 0 Å². The zero-order valence-corrected chi connectivity index (χ0v) is 21.1. The van der Waals surface area contributed by atoms with Crippen molar-refractivity contribution < 1.29 is 40.1 Å². The fraction of sp³-hybridized carbons (Fsp3) is 0.250. The van der Waals surface area contributed by atoms with Crippen molar-refractivity contribution in [1.82, 2.24) is 4.90 Å². The Balaban J connectivity index is 2.29. The van der Waals surface area contributed by atoms with Gasteiger partial charge in [0.15, 0.2) is 0 Å². The maximum atomic E-state index is 13.4. The Labute approximate surface area is 218 Å². The highest BCUT2D eigenvalue weighted by molar-refractivity contribution is 7.93. The van der Waals surface area contributed by atoms with E-state index in [2.05, 4.69) is 9.21 Å². The summed E-state index contributed by atoms with van der Waals surface area (Å²) in [5.74, 6) is -2.63. The summed E-state index contributed by atoms with van der Waals surface area (Å²) in [6, 6.07) is 6.54. The van der Waals surface area contributed by atoms with Gasteiger partial charge in [-0.3, -0.25) is 9.69 Å². The first-order chi connectivity index (χ1) is 17.9. The van der Waals surface area contributed by atoms with Gasteiger partial charge in [0.25, 0.3) is 0 Å². The molecule has 3 amide bonds. The number of hydrogen-bond donors (Lipinski definition) is 0. The van der Waals surface area contributed by atoms with E-state index in [0.29, 0.717) is 6.07 Å². The van der Waals surface area contributed by atoms with Crippen molar-refractivity contribution in [2.24, 2.45) is 4.36 Å². The normalized spacial score (nSPS) is 17.8. The molecule has 0 N–H and O–H groups in total. The molecule has 39 heavy (non-hydrogen) atoms. The molecule has 0 saturated carbocycles. The molecule has 204 valence electrons. The van der Waals surface area contributed by atoms with Crippen molar-refractivity contribution in [1.29, 1.82) is 5.26 Å². The van der Waals surface area contributed by atoms with E-state index >= 15 is 0 Å². The van der Waals surface area contributed by atoms with Gasteiger partial charge in [0.2, 0.25) is 5.70 Å². The number of nitriles is 1. The van der Waals surface area contributed by atoms with Gasteiger partial charge < -0.3 is 4.90 Å². The van der Waals surface area contributed by atoms with Crippen molar-refractivity contribution in [3.8, 4) is 6.07 Å². The minimum absolute atomic E-state index is 0.0985. The quantitative estimate of drug-likeness (QED) is 0.340. The molecule has 2 aromatic rings. The van der Waals surface area contributed by atoms with E-state index in [1.165, 1.54) is 26.1 Å². The molecule has 0 fully saturated rings. The number of hydrogen-bond acceptors (Lipinski definition) is 4. The highest BCUT2D eigenvalue weighted by atomic mass is 32.2. The van der Waals surface area contributed by atoms with Crippen LogP contribution in [0.25, 0.3) is 4.85 Å². The number of allylic oxidation sites excluding steroid dienone is 1. The first kappa shape index (κ1) is 29.2. The molecule has 0 aromatic heterocycles. The van der Waals surface area contributed by atoms with E-state index in [4.69, 9.17) is 6.57 Å². The van der Waals surface area contributed by atoms with Crippen LogP contribution in [0.15, 0.2) is 63.1 Å². The van der Waals surface area contributed by atoms with Gasteiger partial charge in [-0.1, -0.05) is 12.1 Å². The lowest BCUT2D eigenvalue weighted by atomic mass is 9.97. The van der Waals surface area contributed by atoms with E-state index in [-0.39, 0.29) is 28.2 Å². The van der Waals surface area contributed by atoms with Gasteiger partial charge in [-0.25, -0.2) is 13.8 Å². The number of rotatable bonds is 3. The first-order valence-electron chi connectivity index (χ1n) is 10.6. The van der Waals surface area contributed by atoms with Crippen LogP contribution in [0.2, 0.25) is 0 Å². The number of urea groups is 1. The van der Waals surface area contributed by atoms with Crippen LogP contribution in [0, 0.1) is 17.9 Å². The SMILES string of the molecule is [C-]#[N+]C1=C(C)N(c2cccc(C(F)(F)F)c2)C(=O)N(C)[C@@H]1c1ccc(C#N)cc1[S@](C)(=O)=NC(=O)C(F)(F)F. The average Bonchev–Trinajstić information content (AvgIpc) is 2.84. The molecule has 8 nitrogen and oxygen atoms in total. The van der Waals surface area contributed by atoms with Gasteiger partial charge >= 0.3 is 24.3 Å². The summed E-state index contributed by atoms with van der Waals surface area (Å²) in [4.78, 5) is 29.7. The van der Waals surface area contributed by atoms with Crippen LogP contribution < -0.4 is 4.90 Å². The molecule has 1 aliphatic heterocycles. The lowest BCUT2D eigenvalue weighted by molar-refractivity contribution is -0.169. The van der Waals surface area contributed by atoms with Gasteiger partial charge in [-0.15, -0.1) is 4.36 Å². The third-order valence-corrected chi connectivity index (χ3v) is 7.43. The summed E-state index contributed by atoms with van der Waals surface area (Å²) in [5, 5.41) is 9.29. The number of anilines is 1. The monoisotopic (exact) mass is 569 g/mol. The molecule has 3 rings (SSSR count). The fourth-order valence-corrected chi connectivity index (χ4v) is 5.43. The maximum Gasteiger partial charge on any atom is 0.474 e. The highest BCUT2D eigenvalue weighted by Crippen LogP contribution is 2.42. The van der Waals surface area contributed by atoms with Gasteiger partial charge in [0.1, 0.15) is 0 Å². The first-order valence-corrected chi connectivity index (χ1v) is 12.6. The molecule has 2 aromatic carbocycles. The van der Waals surface area contributed by atoms with Gasteiger partial charge in [0.05, 0.1) is 44.4 Å². The number of carbonyl (C=O) groups excluding carboxylic acids is 2. The van der Waals surface area contributed by atoms with Crippen LogP contribution in [-0.2, 0) is 20.7 Å². The predicted octanol–water partition coefficient (Wildman–Crippen LogP) is 5.89. The number of benzene rings is 2. The number of amides is 3. The van der Waals surface area contributed by atoms with Crippen molar-refractivity contribution in [2.75, 3.05) is 18.2 Å². The summed E-state index contributed by atoms with van der Waals surface area (Å²) >= 11 is 0.